The molecule has 0 aliphatic carbocycles. The molecule has 1 heterocycles. The number of rotatable bonds is 3. The van der Waals surface area contributed by atoms with E-state index in [4.69, 9.17) is 10.00 Å². The molecule has 0 amide bonds. The average Bonchev–Trinajstić information content (AvgIpc) is 2.67. The smallest absolute Gasteiger partial charge is 0.145 e. The Hall–Kier alpha value is -1.87. The molecule has 0 aliphatic rings. The van der Waals surface area contributed by atoms with Crippen LogP contribution < -0.4 is 4.74 Å². The highest BCUT2D eigenvalue weighted by molar-refractivity contribution is 9.10. The summed E-state index contributed by atoms with van der Waals surface area (Å²) in [5.41, 5.74) is 1.29. The third kappa shape index (κ3) is 2.47. The summed E-state index contributed by atoms with van der Waals surface area (Å²) in [4.78, 5) is 4.33. The summed E-state index contributed by atoms with van der Waals surface area (Å²) in [5.74, 6) is 0.718. The van der Waals surface area contributed by atoms with E-state index in [9.17, 15) is 4.39 Å². The minimum Gasteiger partial charge on any atom is -0.496 e. The highest BCUT2D eigenvalue weighted by Crippen LogP contribution is 2.32. The number of nitrogens with zero attached hydrogens (tertiary/aromatic N) is 3. The third-order valence-electron chi connectivity index (χ3n) is 2.81. The van der Waals surface area contributed by atoms with E-state index in [1.807, 2.05) is 0 Å². The number of methoxy groups -OCH3 is 1. The molecule has 19 heavy (non-hydrogen) atoms. The molecular formula is C13H11BrFN3O. The van der Waals surface area contributed by atoms with Crippen molar-refractivity contribution in [1.82, 2.24) is 9.55 Å². The molecular weight excluding hydrogens is 313 g/mol. The van der Waals surface area contributed by atoms with Crippen LogP contribution in [-0.2, 0) is 13.5 Å². The van der Waals surface area contributed by atoms with Crippen LogP contribution in [0.4, 0.5) is 4.39 Å². The van der Waals surface area contributed by atoms with Crippen LogP contribution in [0.2, 0.25) is 0 Å². The molecule has 0 saturated carbocycles. The first kappa shape index (κ1) is 13.6. The summed E-state index contributed by atoms with van der Waals surface area (Å²) in [6, 6.07) is 6.32. The Bertz CT molecular complexity index is 661. The maximum atomic E-state index is 13.4. The Morgan fingerprint density at radius 2 is 2.26 bits per heavy atom. The first-order chi connectivity index (χ1) is 9.08. The van der Waals surface area contributed by atoms with Gasteiger partial charge in [0.15, 0.2) is 0 Å². The molecule has 0 N–H and O–H groups in total. The van der Waals surface area contributed by atoms with Gasteiger partial charge in [0, 0.05) is 7.05 Å². The molecule has 1 aromatic heterocycles. The SMILES string of the molecule is COc1ccc(F)cc1-c1nc(Br)c(CC#N)n1C. The lowest BCUT2D eigenvalue weighted by Crippen LogP contribution is -2.00. The van der Waals surface area contributed by atoms with Crippen molar-refractivity contribution in [3.8, 4) is 23.2 Å². The average molecular weight is 324 g/mol. The Kier molecular flexibility index (Phi) is 3.86. The topological polar surface area (TPSA) is 50.8 Å². The van der Waals surface area contributed by atoms with E-state index in [-0.39, 0.29) is 12.2 Å². The fourth-order valence-corrected chi connectivity index (χ4v) is 2.44. The maximum Gasteiger partial charge on any atom is 0.145 e. The zero-order chi connectivity index (χ0) is 14.0. The lowest BCUT2D eigenvalue weighted by molar-refractivity contribution is 0.415. The Morgan fingerprint density at radius 1 is 1.53 bits per heavy atom. The normalized spacial score (nSPS) is 10.3. The van der Waals surface area contributed by atoms with Crippen LogP contribution in [0.1, 0.15) is 5.69 Å². The number of nitriles is 1. The van der Waals surface area contributed by atoms with Crippen molar-refractivity contribution in [2.75, 3.05) is 7.11 Å². The molecule has 6 heteroatoms. The number of aromatic nitrogens is 2. The van der Waals surface area contributed by atoms with Crippen LogP contribution in [0, 0.1) is 17.1 Å². The minimum absolute atomic E-state index is 0.224. The van der Waals surface area contributed by atoms with Crippen molar-refractivity contribution in [3.63, 3.8) is 0 Å². The highest BCUT2D eigenvalue weighted by Gasteiger charge is 2.17. The molecule has 0 saturated heterocycles. The number of hydrogen-bond acceptors (Lipinski definition) is 3. The largest absolute Gasteiger partial charge is 0.496 e. The van der Waals surface area contributed by atoms with Gasteiger partial charge in [-0.15, -0.1) is 0 Å². The Labute approximate surface area is 118 Å². The molecule has 0 atom stereocenters. The lowest BCUT2D eigenvalue weighted by atomic mass is 10.2. The molecule has 0 radical (unpaired) electrons. The summed E-state index contributed by atoms with van der Waals surface area (Å²) in [6.07, 6.45) is 0.224. The van der Waals surface area contributed by atoms with Crippen LogP contribution >= 0.6 is 15.9 Å². The van der Waals surface area contributed by atoms with Gasteiger partial charge in [0.05, 0.1) is 30.9 Å². The second-order valence-corrected chi connectivity index (χ2v) is 4.66. The zero-order valence-corrected chi connectivity index (χ0v) is 12.0. The molecule has 2 aromatic rings. The van der Waals surface area contributed by atoms with Crippen LogP contribution in [0.25, 0.3) is 11.4 Å². The molecule has 2 rings (SSSR count). The molecule has 0 bridgehead atoms. The molecule has 0 spiro atoms. The highest BCUT2D eigenvalue weighted by atomic mass is 79.9. The number of benzene rings is 1. The molecule has 1 aromatic carbocycles. The molecule has 0 aliphatic heterocycles. The monoisotopic (exact) mass is 323 g/mol. The lowest BCUT2D eigenvalue weighted by Gasteiger charge is -2.09. The van der Waals surface area contributed by atoms with Crippen molar-refractivity contribution >= 4 is 15.9 Å². The summed E-state index contributed by atoms with van der Waals surface area (Å²) in [6.45, 7) is 0. The second-order valence-electron chi connectivity index (χ2n) is 3.91. The van der Waals surface area contributed by atoms with E-state index in [1.54, 1.807) is 17.7 Å². The quantitative estimate of drug-likeness (QED) is 0.872. The van der Waals surface area contributed by atoms with Gasteiger partial charge in [0.1, 0.15) is 22.0 Å². The predicted molar refractivity (Wildman–Crippen MR) is 72.2 cm³/mol. The standard InChI is InChI=1S/C13H11BrFN3O/c1-18-10(5-6-16)12(14)17-13(18)9-7-8(15)3-4-11(9)19-2/h3-4,7H,5H2,1-2H3. The van der Waals surface area contributed by atoms with Gasteiger partial charge in [-0.05, 0) is 34.1 Å². The Morgan fingerprint density at radius 3 is 2.89 bits per heavy atom. The van der Waals surface area contributed by atoms with Crippen molar-refractivity contribution in [1.29, 1.82) is 5.26 Å². The maximum absolute atomic E-state index is 13.4. The number of halogens is 2. The number of ether oxygens (including phenoxy) is 1. The Balaban J connectivity index is 2.63. The van der Waals surface area contributed by atoms with E-state index in [0.717, 1.165) is 5.69 Å². The van der Waals surface area contributed by atoms with Gasteiger partial charge >= 0.3 is 0 Å². The summed E-state index contributed by atoms with van der Waals surface area (Å²) in [7, 11) is 3.30. The first-order valence-corrected chi connectivity index (χ1v) is 6.29. The van der Waals surface area contributed by atoms with Crippen LogP contribution in [0.15, 0.2) is 22.8 Å². The van der Waals surface area contributed by atoms with Gasteiger partial charge in [0.25, 0.3) is 0 Å². The second kappa shape index (κ2) is 5.41. The van der Waals surface area contributed by atoms with Crippen LogP contribution in [-0.4, -0.2) is 16.7 Å². The van der Waals surface area contributed by atoms with Gasteiger partial charge < -0.3 is 9.30 Å². The van der Waals surface area contributed by atoms with Gasteiger partial charge in [-0.1, -0.05) is 0 Å². The van der Waals surface area contributed by atoms with Crippen molar-refractivity contribution in [2.45, 2.75) is 6.42 Å². The van der Waals surface area contributed by atoms with E-state index in [1.165, 1.54) is 19.2 Å². The fraction of sp³-hybridized carbons (Fsp3) is 0.231. The van der Waals surface area contributed by atoms with E-state index < -0.39 is 0 Å². The van der Waals surface area contributed by atoms with Gasteiger partial charge in [0.2, 0.25) is 0 Å². The number of hydrogen-bond donors (Lipinski definition) is 0. The fourth-order valence-electron chi connectivity index (χ4n) is 1.86. The first-order valence-electron chi connectivity index (χ1n) is 5.50. The van der Waals surface area contributed by atoms with Crippen molar-refractivity contribution in [2.24, 2.45) is 7.05 Å². The van der Waals surface area contributed by atoms with Crippen molar-refractivity contribution < 1.29 is 9.13 Å². The summed E-state index contributed by atoms with van der Waals surface area (Å²) >= 11 is 3.31. The molecule has 0 unspecified atom stereocenters. The van der Waals surface area contributed by atoms with Gasteiger partial charge in [-0.25, -0.2) is 9.37 Å². The molecule has 4 nitrogen and oxygen atoms in total. The molecule has 98 valence electrons. The minimum atomic E-state index is -0.364. The van der Waals surface area contributed by atoms with Crippen LogP contribution in [0.5, 0.6) is 5.75 Å². The summed E-state index contributed by atoms with van der Waals surface area (Å²) < 4.78 is 21.0. The zero-order valence-electron chi connectivity index (χ0n) is 10.4. The van der Waals surface area contributed by atoms with E-state index in [0.29, 0.717) is 21.7 Å². The predicted octanol–water partition coefficient (Wildman–Crippen LogP) is 3.06. The number of imidazole rings is 1. The van der Waals surface area contributed by atoms with E-state index in [2.05, 4.69) is 27.0 Å². The molecule has 0 fully saturated rings. The van der Waals surface area contributed by atoms with E-state index >= 15 is 0 Å². The summed E-state index contributed by atoms with van der Waals surface area (Å²) in [5, 5.41) is 8.80. The van der Waals surface area contributed by atoms with Gasteiger partial charge in [-0.3, -0.25) is 0 Å². The van der Waals surface area contributed by atoms with Crippen molar-refractivity contribution in [3.05, 3.63) is 34.3 Å². The van der Waals surface area contributed by atoms with Gasteiger partial charge in [-0.2, -0.15) is 5.26 Å². The van der Waals surface area contributed by atoms with Crippen LogP contribution in [0.3, 0.4) is 0 Å². The third-order valence-corrected chi connectivity index (χ3v) is 3.45.